The van der Waals surface area contributed by atoms with Gasteiger partial charge in [0, 0.05) is 5.56 Å². The van der Waals surface area contributed by atoms with Crippen LogP contribution in [0.15, 0.2) is 18.2 Å². The third-order valence-electron chi connectivity index (χ3n) is 1.84. The van der Waals surface area contributed by atoms with Gasteiger partial charge in [0.15, 0.2) is 0 Å². The summed E-state index contributed by atoms with van der Waals surface area (Å²) in [4.78, 5) is 0. The number of hydrogen-bond donors (Lipinski definition) is 1. The van der Waals surface area contributed by atoms with Gasteiger partial charge in [0.05, 0.1) is 6.10 Å². The number of aliphatic hydroxyl groups excluding tert-OH is 1. The molecule has 0 aliphatic rings. The molecule has 0 amide bonds. The molecule has 0 bridgehead atoms. The van der Waals surface area contributed by atoms with Crippen molar-refractivity contribution in [2.45, 2.75) is 26.6 Å². The van der Waals surface area contributed by atoms with Crippen molar-refractivity contribution in [2.24, 2.45) is 0 Å². The molecule has 0 saturated carbocycles. The predicted octanol–water partition coefficient (Wildman–Crippen LogP) is 2.65. The molecule has 4 heteroatoms. The Morgan fingerprint density at radius 3 is 2.50 bits per heavy atom. The van der Waals surface area contributed by atoms with Crippen LogP contribution in [0.5, 0.6) is 5.75 Å². The zero-order valence-corrected chi connectivity index (χ0v) is 8.00. The molecule has 0 unspecified atom stereocenters. The van der Waals surface area contributed by atoms with Gasteiger partial charge in [0.2, 0.25) is 0 Å². The first-order valence-corrected chi connectivity index (χ1v) is 4.24. The van der Waals surface area contributed by atoms with E-state index in [4.69, 9.17) is 0 Å². The molecule has 14 heavy (non-hydrogen) atoms. The Morgan fingerprint density at radius 2 is 2.00 bits per heavy atom. The molecule has 0 saturated heterocycles. The van der Waals surface area contributed by atoms with Gasteiger partial charge >= 0.3 is 6.61 Å². The first-order valence-electron chi connectivity index (χ1n) is 4.24. The molecule has 0 aliphatic heterocycles. The van der Waals surface area contributed by atoms with E-state index in [1.807, 2.05) is 0 Å². The molecular formula is C10H12F2O2. The van der Waals surface area contributed by atoms with Crippen molar-refractivity contribution in [3.63, 3.8) is 0 Å². The van der Waals surface area contributed by atoms with Crippen molar-refractivity contribution < 1.29 is 18.6 Å². The summed E-state index contributed by atoms with van der Waals surface area (Å²) in [5.41, 5.74) is 1.18. The second-order valence-electron chi connectivity index (χ2n) is 3.10. The molecule has 0 fully saturated rings. The van der Waals surface area contributed by atoms with Crippen LogP contribution < -0.4 is 4.74 Å². The minimum absolute atomic E-state index is 0.0370. The Labute approximate surface area is 81.1 Å². The number of aliphatic hydroxyl groups is 1. The Balaban J connectivity index is 3.03. The Kier molecular flexibility index (Phi) is 3.41. The standard InChI is InChI=1S/C10H12F2O2/c1-6-3-4-8(7(2)13)9(5-6)14-10(11)12/h3-5,7,10,13H,1-2H3/t7-/m0/s1. The van der Waals surface area contributed by atoms with E-state index in [-0.39, 0.29) is 5.75 Å². The highest BCUT2D eigenvalue weighted by Crippen LogP contribution is 2.27. The minimum atomic E-state index is -2.87. The Bertz CT molecular complexity index is 311. The van der Waals surface area contributed by atoms with E-state index in [1.165, 1.54) is 13.0 Å². The lowest BCUT2D eigenvalue weighted by molar-refractivity contribution is -0.0514. The second kappa shape index (κ2) is 4.37. The molecule has 2 nitrogen and oxygen atoms in total. The fourth-order valence-electron chi connectivity index (χ4n) is 1.18. The van der Waals surface area contributed by atoms with Gasteiger partial charge in [-0.1, -0.05) is 12.1 Å². The average Bonchev–Trinajstić information content (AvgIpc) is 2.01. The van der Waals surface area contributed by atoms with Gasteiger partial charge < -0.3 is 9.84 Å². The van der Waals surface area contributed by atoms with Gasteiger partial charge in [0.1, 0.15) is 5.75 Å². The van der Waals surface area contributed by atoms with E-state index in [0.717, 1.165) is 5.56 Å². The molecule has 0 spiro atoms. The lowest BCUT2D eigenvalue weighted by Gasteiger charge is -2.13. The quantitative estimate of drug-likeness (QED) is 0.816. The maximum atomic E-state index is 12.0. The highest BCUT2D eigenvalue weighted by molar-refractivity contribution is 5.38. The van der Waals surface area contributed by atoms with Gasteiger partial charge in [0.25, 0.3) is 0 Å². The van der Waals surface area contributed by atoms with Crippen molar-refractivity contribution in [1.29, 1.82) is 0 Å². The Morgan fingerprint density at radius 1 is 1.36 bits per heavy atom. The van der Waals surface area contributed by atoms with E-state index in [1.54, 1.807) is 19.1 Å². The first-order chi connectivity index (χ1) is 6.50. The third-order valence-corrected chi connectivity index (χ3v) is 1.84. The normalized spacial score (nSPS) is 13.0. The molecule has 0 heterocycles. The SMILES string of the molecule is Cc1ccc([C@H](C)O)c(OC(F)F)c1. The molecule has 1 atom stereocenters. The van der Waals surface area contributed by atoms with Gasteiger partial charge in [-0.25, -0.2) is 0 Å². The largest absolute Gasteiger partial charge is 0.434 e. The summed E-state index contributed by atoms with van der Waals surface area (Å²) in [7, 11) is 0. The van der Waals surface area contributed by atoms with Crippen molar-refractivity contribution in [2.75, 3.05) is 0 Å². The number of ether oxygens (including phenoxy) is 1. The summed E-state index contributed by atoms with van der Waals surface area (Å²) in [5, 5.41) is 9.28. The van der Waals surface area contributed by atoms with Gasteiger partial charge in [-0.05, 0) is 25.5 Å². The summed E-state index contributed by atoms with van der Waals surface area (Å²) in [6.45, 7) is 0.405. The highest BCUT2D eigenvalue weighted by atomic mass is 19.3. The van der Waals surface area contributed by atoms with Crippen LogP contribution in [-0.4, -0.2) is 11.7 Å². The van der Waals surface area contributed by atoms with Crippen LogP contribution in [0, 0.1) is 6.92 Å². The second-order valence-corrected chi connectivity index (χ2v) is 3.10. The van der Waals surface area contributed by atoms with Crippen LogP contribution in [0.3, 0.4) is 0 Å². The van der Waals surface area contributed by atoms with Crippen molar-refractivity contribution in [3.8, 4) is 5.75 Å². The van der Waals surface area contributed by atoms with Gasteiger partial charge in [-0.15, -0.1) is 0 Å². The molecule has 1 aromatic carbocycles. The molecule has 0 radical (unpaired) electrons. The van der Waals surface area contributed by atoms with Crippen LogP contribution in [0.4, 0.5) is 8.78 Å². The van der Waals surface area contributed by atoms with Crippen LogP contribution in [0.25, 0.3) is 0 Å². The van der Waals surface area contributed by atoms with Crippen LogP contribution in [0.2, 0.25) is 0 Å². The zero-order valence-electron chi connectivity index (χ0n) is 8.00. The molecule has 0 aliphatic carbocycles. The average molecular weight is 202 g/mol. The van der Waals surface area contributed by atoms with Gasteiger partial charge in [-0.3, -0.25) is 0 Å². The van der Waals surface area contributed by atoms with Gasteiger partial charge in [-0.2, -0.15) is 8.78 Å². The highest BCUT2D eigenvalue weighted by Gasteiger charge is 2.12. The number of halogens is 2. The van der Waals surface area contributed by atoms with Crippen molar-refractivity contribution in [1.82, 2.24) is 0 Å². The number of hydrogen-bond acceptors (Lipinski definition) is 2. The lowest BCUT2D eigenvalue weighted by atomic mass is 10.1. The summed E-state index contributed by atoms with van der Waals surface area (Å²) >= 11 is 0. The topological polar surface area (TPSA) is 29.5 Å². The van der Waals surface area contributed by atoms with E-state index >= 15 is 0 Å². The smallest absolute Gasteiger partial charge is 0.387 e. The summed E-state index contributed by atoms with van der Waals surface area (Å²) < 4.78 is 28.3. The predicted molar refractivity (Wildman–Crippen MR) is 48.4 cm³/mol. The van der Waals surface area contributed by atoms with Crippen LogP contribution >= 0.6 is 0 Å². The maximum absolute atomic E-state index is 12.0. The van der Waals surface area contributed by atoms with E-state index in [2.05, 4.69) is 4.74 Å². The number of aryl methyl sites for hydroxylation is 1. The molecule has 1 rings (SSSR count). The minimum Gasteiger partial charge on any atom is -0.434 e. The molecule has 0 aromatic heterocycles. The molecule has 1 N–H and O–H groups in total. The summed E-state index contributed by atoms with van der Waals surface area (Å²) in [6, 6.07) is 4.80. The van der Waals surface area contributed by atoms with E-state index in [0.29, 0.717) is 5.56 Å². The summed E-state index contributed by atoms with van der Waals surface area (Å²) in [5.74, 6) is 0.0370. The fourth-order valence-corrected chi connectivity index (χ4v) is 1.18. The zero-order chi connectivity index (χ0) is 10.7. The third kappa shape index (κ3) is 2.67. The maximum Gasteiger partial charge on any atom is 0.387 e. The molecular weight excluding hydrogens is 190 g/mol. The Hall–Kier alpha value is -1.16. The molecule has 78 valence electrons. The van der Waals surface area contributed by atoms with Crippen LogP contribution in [-0.2, 0) is 0 Å². The number of alkyl halides is 2. The van der Waals surface area contributed by atoms with Crippen molar-refractivity contribution >= 4 is 0 Å². The van der Waals surface area contributed by atoms with Crippen molar-refractivity contribution in [3.05, 3.63) is 29.3 Å². The number of benzene rings is 1. The van der Waals surface area contributed by atoms with E-state index in [9.17, 15) is 13.9 Å². The first kappa shape index (κ1) is 10.9. The van der Waals surface area contributed by atoms with E-state index < -0.39 is 12.7 Å². The number of rotatable bonds is 3. The fraction of sp³-hybridized carbons (Fsp3) is 0.400. The lowest BCUT2D eigenvalue weighted by Crippen LogP contribution is -2.06. The van der Waals surface area contributed by atoms with Crippen LogP contribution in [0.1, 0.15) is 24.2 Å². The monoisotopic (exact) mass is 202 g/mol. The molecule has 1 aromatic rings. The summed E-state index contributed by atoms with van der Waals surface area (Å²) in [6.07, 6.45) is -0.815.